The number of carbonyl (C=O) groups excluding carboxylic acids is 2. The van der Waals surface area contributed by atoms with Crippen molar-refractivity contribution < 1.29 is 14.0 Å². The van der Waals surface area contributed by atoms with Crippen LogP contribution in [0.3, 0.4) is 0 Å². The first-order chi connectivity index (χ1) is 12.5. The summed E-state index contributed by atoms with van der Waals surface area (Å²) in [7, 11) is 0. The second-order valence-corrected chi connectivity index (χ2v) is 6.41. The standard InChI is InChI=1S/C19H15ClFN3O2/c1-22-13-5-2-11(3-6-13)14(12-4-7-16(21)15(20)8-12)9-18(25)17-10-23-19(26)24-17/h2-8,14,17H,9-10H2,(H2,23,24,26)/t14?,17-/m0/s1. The maximum absolute atomic E-state index is 13.5. The molecule has 3 rings (SSSR count). The van der Waals surface area contributed by atoms with Crippen molar-refractivity contribution in [3.8, 4) is 0 Å². The summed E-state index contributed by atoms with van der Waals surface area (Å²) < 4.78 is 13.5. The van der Waals surface area contributed by atoms with Crippen molar-refractivity contribution in [3.63, 3.8) is 0 Å². The molecule has 1 unspecified atom stereocenters. The predicted molar refractivity (Wildman–Crippen MR) is 95.9 cm³/mol. The second-order valence-electron chi connectivity index (χ2n) is 6.01. The van der Waals surface area contributed by atoms with Crippen LogP contribution in [0, 0.1) is 12.4 Å². The summed E-state index contributed by atoms with van der Waals surface area (Å²) in [4.78, 5) is 27.2. The minimum Gasteiger partial charge on any atom is -0.336 e. The molecule has 2 amide bonds. The van der Waals surface area contributed by atoms with Crippen LogP contribution in [0.25, 0.3) is 4.85 Å². The topological polar surface area (TPSA) is 62.6 Å². The molecule has 26 heavy (non-hydrogen) atoms. The summed E-state index contributed by atoms with van der Waals surface area (Å²) in [6.07, 6.45) is 0.117. The molecule has 0 radical (unpaired) electrons. The van der Waals surface area contributed by atoms with Crippen LogP contribution >= 0.6 is 11.6 Å². The number of halogens is 2. The molecule has 0 bridgehead atoms. The third-order valence-corrected chi connectivity index (χ3v) is 4.63. The maximum atomic E-state index is 13.5. The molecule has 1 aliphatic heterocycles. The molecule has 2 N–H and O–H groups in total. The minimum absolute atomic E-state index is 0.0198. The Labute approximate surface area is 155 Å². The monoisotopic (exact) mass is 371 g/mol. The van der Waals surface area contributed by atoms with Crippen molar-refractivity contribution in [2.75, 3.05) is 6.54 Å². The fraction of sp³-hybridized carbons (Fsp3) is 0.211. The first kappa shape index (κ1) is 17.9. The molecule has 1 saturated heterocycles. The van der Waals surface area contributed by atoms with Gasteiger partial charge in [-0.05, 0) is 23.3 Å². The molecule has 7 heteroatoms. The van der Waals surface area contributed by atoms with Gasteiger partial charge in [-0.25, -0.2) is 14.0 Å². The van der Waals surface area contributed by atoms with E-state index in [4.69, 9.17) is 18.2 Å². The molecule has 1 fully saturated rings. The van der Waals surface area contributed by atoms with Crippen LogP contribution in [-0.4, -0.2) is 24.4 Å². The largest absolute Gasteiger partial charge is 0.336 e. The van der Waals surface area contributed by atoms with E-state index in [1.54, 1.807) is 30.3 Å². The molecule has 0 aliphatic carbocycles. The summed E-state index contributed by atoms with van der Waals surface area (Å²) >= 11 is 5.91. The molecule has 0 saturated carbocycles. The number of ketones is 1. The van der Waals surface area contributed by atoms with Gasteiger partial charge in [-0.1, -0.05) is 41.9 Å². The Morgan fingerprint density at radius 3 is 2.54 bits per heavy atom. The summed E-state index contributed by atoms with van der Waals surface area (Å²) in [5.74, 6) is -1.03. The van der Waals surface area contributed by atoms with Gasteiger partial charge >= 0.3 is 6.03 Å². The normalized spacial score (nSPS) is 17.1. The number of rotatable bonds is 5. The molecule has 2 aromatic carbocycles. The Balaban J connectivity index is 1.92. The SMILES string of the molecule is [C-]#[N+]c1ccc(C(CC(=O)[C@@H]2CNC(=O)N2)c2ccc(F)c(Cl)c2)cc1. The Morgan fingerprint density at radius 2 is 1.96 bits per heavy atom. The fourth-order valence-electron chi connectivity index (χ4n) is 2.93. The Bertz CT molecular complexity index is 893. The number of carbonyl (C=O) groups is 2. The molecule has 132 valence electrons. The average Bonchev–Trinajstić information content (AvgIpc) is 3.09. The van der Waals surface area contributed by atoms with E-state index >= 15 is 0 Å². The van der Waals surface area contributed by atoms with Gasteiger partial charge in [-0.2, -0.15) is 0 Å². The highest BCUT2D eigenvalue weighted by Gasteiger charge is 2.29. The van der Waals surface area contributed by atoms with Gasteiger partial charge in [0.1, 0.15) is 11.9 Å². The highest BCUT2D eigenvalue weighted by Crippen LogP contribution is 2.32. The minimum atomic E-state index is -0.594. The molecular weight excluding hydrogens is 357 g/mol. The number of Topliss-reactive ketones (excluding diaryl/α,β-unsaturated/α-hetero) is 1. The lowest BCUT2D eigenvalue weighted by Gasteiger charge is -2.20. The van der Waals surface area contributed by atoms with Gasteiger partial charge in [0, 0.05) is 18.9 Å². The number of urea groups is 1. The molecule has 1 aliphatic rings. The summed E-state index contributed by atoms with van der Waals surface area (Å²) in [6, 6.07) is 10.3. The zero-order chi connectivity index (χ0) is 18.7. The van der Waals surface area contributed by atoms with Crippen LogP contribution in [0.15, 0.2) is 42.5 Å². The molecule has 1 heterocycles. The number of hydrogen-bond acceptors (Lipinski definition) is 2. The first-order valence-corrected chi connectivity index (χ1v) is 8.35. The lowest BCUT2D eigenvalue weighted by atomic mass is 9.85. The van der Waals surface area contributed by atoms with Crippen molar-refractivity contribution in [1.82, 2.24) is 10.6 Å². The third kappa shape index (κ3) is 3.84. The number of nitrogens with zero attached hydrogens (tertiary/aromatic N) is 1. The quantitative estimate of drug-likeness (QED) is 0.785. The van der Waals surface area contributed by atoms with Crippen molar-refractivity contribution >= 4 is 29.1 Å². The van der Waals surface area contributed by atoms with Gasteiger partial charge in [0.2, 0.25) is 0 Å². The smallest absolute Gasteiger partial charge is 0.315 e. The van der Waals surface area contributed by atoms with E-state index in [0.29, 0.717) is 11.3 Å². The van der Waals surface area contributed by atoms with E-state index in [9.17, 15) is 14.0 Å². The number of benzene rings is 2. The van der Waals surface area contributed by atoms with Crippen molar-refractivity contribution in [2.45, 2.75) is 18.4 Å². The van der Waals surface area contributed by atoms with E-state index in [2.05, 4.69) is 15.5 Å². The van der Waals surface area contributed by atoms with E-state index in [1.807, 2.05) is 0 Å². The van der Waals surface area contributed by atoms with Crippen molar-refractivity contribution in [3.05, 3.63) is 75.8 Å². The van der Waals surface area contributed by atoms with Crippen LogP contribution in [-0.2, 0) is 4.79 Å². The number of hydrogen-bond donors (Lipinski definition) is 2. The van der Waals surface area contributed by atoms with Gasteiger partial charge in [0.25, 0.3) is 0 Å². The molecule has 2 atom stereocenters. The average molecular weight is 372 g/mol. The zero-order valence-electron chi connectivity index (χ0n) is 13.6. The summed E-state index contributed by atoms with van der Waals surface area (Å²) in [6.45, 7) is 7.29. The molecule has 0 spiro atoms. The van der Waals surface area contributed by atoms with Gasteiger partial charge in [0.15, 0.2) is 11.5 Å². The molecule has 0 aromatic heterocycles. The molecule has 5 nitrogen and oxygen atoms in total. The summed E-state index contributed by atoms with van der Waals surface area (Å²) in [5, 5.41) is 5.12. The van der Waals surface area contributed by atoms with E-state index in [0.717, 1.165) is 5.56 Å². The van der Waals surface area contributed by atoms with Gasteiger partial charge in [0.05, 0.1) is 11.6 Å². The highest BCUT2D eigenvalue weighted by atomic mass is 35.5. The number of nitrogens with one attached hydrogen (secondary N) is 2. The lowest BCUT2D eigenvalue weighted by molar-refractivity contribution is -0.120. The second kappa shape index (κ2) is 7.54. The van der Waals surface area contributed by atoms with E-state index in [-0.39, 0.29) is 35.7 Å². The summed E-state index contributed by atoms with van der Waals surface area (Å²) in [5.41, 5.74) is 1.99. The van der Waals surface area contributed by atoms with Gasteiger partial charge in [-0.15, -0.1) is 0 Å². The predicted octanol–water partition coefficient (Wildman–Crippen LogP) is 3.80. The van der Waals surface area contributed by atoms with Crippen LogP contribution in [0.4, 0.5) is 14.9 Å². The van der Waals surface area contributed by atoms with Gasteiger partial charge in [-0.3, -0.25) is 4.79 Å². The van der Waals surface area contributed by atoms with Crippen molar-refractivity contribution in [2.24, 2.45) is 0 Å². The molecule has 2 aromatic rings. The Morgan fingerprint density at radius 1 is 1.27 bits per heavy atom. The Hall–Kier alpha value is -2.91. The Kier molecular flexibility index (Phi) is 5.19. The van der Waals surface area contributed by atoms with Crippen LogP contribution in [0.5, 0.6) is 0 Å². The lowest BCUT2D eigenvalue weighted by Crippen LogP contribution is -2.35. The zero-order valence-corrected chi connectivity index (χ0v) is 14.4. The van der Waals surface area contributed by atoms with Crippen molar-refractivity contribution in [1.29, 1.82) is 0 Å². The van der Waals surface area contributed by atoms with E-state index < -0.39 is 11.9 Å². The highest BCUT2D eigenvalue weighted by molar-refractivity contribution is 6.30. The molecular formula is C19H15ClFN3O2. The van der Waals surface area contributed by atoms with E-state index in [1.165, 1.54) is 12.1 Å². The maximum Gasteiger partial charge on any atom is 0.315 e. The number of amides is 2. The van der Waals surface area contributed by atoms with Crippen LogP contribution < -0.4 is 10.6 Å². The third-order valence-electron chi connectivity index (χ3n) is 4.34. The van der Waals surface area contributed by atoms with Crippen LogP contribution in [0.1, 0.15) is 23.5 Å². The first-order valence-electron chi connectivity index (χ1n) is 7.97. The fourth-order valence-corrected chi connectivity index (χ4v) is 3.12. The van der Waals surface area contributed by atoms with Gasteiger partial charge < -0.3 is 10.6 Å². The van der Waals surface area contributed by atoms with Crippen LogP contribution in [0.2, 0.25) is 5.02 Å².